The van der Waals surface area contributed by atoms with Gasteiger partial charge in [-0.15, -0.1) is 0 Å². The second-order valence-corrected chi connectivity index (χ2v) is 5.24. The molecule has 0 aliphatic rings. The molecule has 0 saturated heterocycles. The normalized spacial score (nSPS) is 14.9. The van der Waals surface area contributed by atoms with Crippen molar-refractivity contribution in [1.82, 2.24) is 5.32 Å². The molecule has 0 aliphatic carbocycles. The smallest absolute Gasteiger partial charge is 0.247 e. The van der Waals surface area contributed by atoms with Crippen LogP contribution in [0, 0.1) is 0 Å². The van der Waals surface area contributed by atoms with Crippen LogP contribution in [0.1, 0.15) is 33.6 Å². The van der Waals surface area contributed by atoms with Crippen LogP contribution in [0.4, 0.5) is 0 Å². The van der Waals surface area contributed by atoms with E-state index in [9.17, 15) is 4.79 Å². The molecule has 4 nitrogen and oxygen atoms in total. The first-order valence-electron chi connectivity index (χ1n) is 6.78. The van der Waals surface area contributed by atoms with E-state index >= 15 is 0 Å². The van der Waals surface area contributed by atoms with E-state index in [1.807, 2.05) is 13.8 Å². The zero-order chi connectivity index (χ0) is 15.7. The van der Waals surface area contributed by atoms with Gasteiger partial charge in [0.25, 0.3) is 0 Å². The van der Waals surface area contributed by atoms with Crippen LogP contribution >= 0.6 is 0 Å². The first-order valence-corrected chi connectivity index (χ1v) is 6.78. The van der Waals surface area contributed by atoms with Gasteiger partial charge in [-0.3, -0.25) is 4.79 Å². The summed E-state index contributed by atoms with van der Waals surface area (Å²) in [5.74, 6) is -0.0942. The zero-order valence-electron chi connectivity index (χ0n) is 12.8. The van der Waals surface area contributed by atoms with Crippen LogP contribution in [0.25, 0.3) is 0 Å². The highest BCUT2D eigenvalue weighted by molar-refractivity contribution is 5.93. The molecule has 0 rings (SSSR count). The molecular weight excluding hydrogens is 250 g/mol. The average molecular weight is 277 g/mol. The van der Waals surface area contributed by atoms with Gasteiger partial charge in [-0.25, -0.2) is 0 Å². The van der Waals surface area contributed by atoms with Gasteiger partial charge >= 0.3 is 0 Å². The van der Waals surface area contributed by atoms with Gasteiger partial charge in [0, 0.05) is 23.4 Å². The predicted molar refractivity (Wildman–Crippen MR) is 85.9 cm³/mol. The summed E-state index contributed by atoms with van der Waals surface area (Å²) in [6, 6.07) is 0.254. The minimum atomic E-state index is -0.0942. The van der Waals surface area contributed by atoms with E-state index in [0.717, 1.165) is 12.8 Å². The number of nitrogens with one attached hydrogen (secondary N) is 1. The molecule has 0 radical (unpaired) electrons. The van der Waals surface area contributed by atoms with Crippen molar-refractivity contribution >= 4 is 5.91 Å². The van der Waals surface area contributed by atoms with Crippen LogP contribution in [0.5, 0.6) is 0 Å². The Bertz CT molecular complexity index is 419. The fraction of sp³-hybridized carbons (Fsp3) is 0.438. The molecule has 0 aromatic rings. The lowest BCUT2D eigenvalue weighted by molar-refractivity contribution is -0.118. The number of nitrogens with two attached hydrogens (primary N) is 2. The third-order valence-corrected chi connectivity index (χ3v) is 2.70. The van der Waals surface area contributed by atoms with Crippen LogP contribution in [0.15, 0.2) is 48.2 Å². The van der Waals surface area contributed by atoms with Gasteiger partial charge in [0.1, 0.15) is 0 Å². The number of hydrogen-bond acceptors (Lipinski definition) is 3. The van der Waals surface area contributed by atoms with Crippen molar-refractivity contribution in [3.8, 4) is 0 Å². The Kier molecular flexibility index (Phi) is 8.32. The highest BCUT2D eigenvalue weighted by Gasteiger charge is 2.09. The summed E-state index contributed by atoms with van der Waals surface area (Å²) in [6.45, 7) is 13.1. The molecule has 0 saturated carbocycles. The molecule has 0 aromatic heterocycles. The summed E-state index contributed by atoms with van der Waals surface area (Å²) in [4.78, 5) is 12.0. The van der Waals surface area contributed by atoms with Gasteiger partial charge < -0.3 is 16.8 Å². The lowest BCUT2D eigenvalue weighted by Crippen LogP contribution is -2.34. The van der Waals surface area contributed by atoms with Gasteiger partial charge in [-0.05, 0) is 51.3 Å². The first kappa shape index (κ1) is 18.2. The largest absolute Gasteiger partial charge is 0.399 e. The molecule has 0 heterocycles. The van der Waals surface area contributed by atoms with E-state index in [4.69, 9.17) is 11.5 Å². The van der Waals surface area contributed by atoms with Gasteiger partial charge in [0.05, 0.1) is 0 Å². The minimum Gasteiger partial charge on any atom is -0.399 e. The van der Waals surface area contributed by atoms with Crippen molar-refractivity contribution in [2.45, 2.75) is 45.7 Å². The van der Waals surface area contributed by atoms with Crippen molar-refractivity contribution in [2.24, 2.45) is 11.5 Å². The Morgan fingerprint density at radius 2 is 1.85 bits per heavy atom. The zero-order valence-corrected chi connectivity index (χ0v) is 12.8. The van der Waals surface area contributed by atoms with E-state index in [0.29, 0.717) is 16.8 Å². The van der Waals surface area contributed by atoms with Gasteiger partial charge in [0.15, 0.2) is 0 Å². The van der Waals surface area contributed by atoms with E-state index < -0.39 is 0 Å². The van der Waals surface area contributed by atoms with Crippen molar-refractivity contribution in [3.05, 3.63) is 48.2 Å². The van der Waals surface area contributed by atoms with Crippen molar-refractivity contribution in [2.75, 3.05) is 0 Å². The number of carbonyl (C=O) groups is 1. The fourth-order valence-corrected chi connectivity index (χ4v) is 1.53. The summed E-state index contributed by atoms with van der Waals surface area (Å²) in [5.41, 5.74) is 12.9. The van der Waals surface area contributed by atoms with Gasteiger partial charge in [0.2, 0.25) is 5.91 Å². The first-order chi connectivity index (χ1) is 9.22. The van der Waals surface area contributed by atoms with Gasteiger partial charge in [-0.1, -0.05) is 19.2 Å². The molecule has 0 aromatic carbocycles. The molecule has 0 fully saturated rings. The molecule has 2 unspecified atom stereocenters. The molecule has 5 N–H and O–H groups in total. The van der Waals surface area contributed by atoms with Crippen LogP contribution in [-0.4, -0.2) is 18.0 Å². The lowest BCUT2D eigenvalue weighted by Gasteiger charge is -2.15. The molecular formula is C16H27N3O. The topological polar surface area (TPSA) is 81.1 Å². The van der Waals surface area contributed by atoms with E-state index in [1.54, 1.807) is 25.2 Å². The number of amides is 1. The van der Waals surface area contributed by atoms with Crippen molar-refractivity contribution < 1.29 is 4.79 Å². The molecule has 4 heteroatoms. The molecule has 0 aliphatic heterocycles. The number of carbonyl (C=O) groups excluding carboxylic acids is 1. The third-order valence-electron chi connectivity index (χ3n) is 2.70. The minimum absolute atomic E-state index is 0.0942. The second-order valence-electron chi connectivity index (χ2n) is 5.24. The summed E-state index contributed by atoms with van der Waals surface area (Å²) in [7, 11) is 0. The van der Waals surface area contributed by atoms with Crippen molar-refractivity contribution in [3.63, 3.8) is 0 Å². The lowest BCUT2D eigenvalue weighted by atomic mass is 10.1. The Morgan fingerprint density at radius 3 is 2.35 bits per heavy atom. The Balaban J connectivity index is 4.39. The SMILES string of the molecule is C=C(N)/C=C\C(=C)/C=C(\C)C(=O)NC(C)CCC(C)N. The summed E-state index contributed by atoms with van der Waals surface area (Å²) >= 11 is 0. The Morgan fingerprint density at radius 1 is 1.25 bits per heavy atom. The van der Waals surface area contributed by atoms with Crippen molar-refractivity contribution in [1.29, 1.82) is 0 Å². The summed E-state index contributed by atoms with van der Waals surface area (Å²) in [5, 5.41) is 2.94. The molecule has 1 amide bonds. The van der Waals surface area contributed by atoms with E-state index in [-0.39, 0.29) is 18.0 Å². The maximum absolute atomic E-state index is 12.0. The Hall–Kier alpha value is -1.81. The highest BCUT2D eigenvalue weighted by atomic mass is 16.1. The fourth-order valence-electron chi connectivity index (χ4n) is 1.53. The second kappa shape index (κ2) is 9.15. The molecule has 0 bridgehead atoms. The standard InChI is InChI=1S/C16H27N3O/c1-11(6-7-13(3)17)10-12(2)16(20)19-15(5)9-8-14(4)18/h6-7,10,14-15H,1,3,8-9,17-18H2,2,4-5H3,(H,19,20)/b7-6-,12-10+. The number of hydrogen-bond donors (Lipinski definition) is 3. The molecule has 20 heavy (non-hydrogen) atoms. The van der Waals surface area contributed by atoms with Crippen LogP contribution in [-0.2, 0) is 4.79 Å². The van der Waals surface area contributed by atoms with Crippen LogP contribution in [0.2, 0.25) is 0 Å². The molecule has 2 atom stereocenters. The third kappa shape index (κ3) is 9.16. The monoisotopic (exact) mass is 277 g/mol. The average Bonchev–Trinajstić information content (AvgIpc) is 2.33. The van der Waals surface area contributed by atoms with Gasteiger partial charge in [-0.2, -0.15) is 0 Å². The summed E-state index contributed by atoms with van der Waals surface area (Å²) < 4.78 is 0. The van der Waals surface area contributed by atoms with E-state index in [1.165, 1.54) is 0 Å². The Labute approximate surface area is 122 Å². The van der Waals surface area contributed by atoms with E-state index in [2.05, 4.69) is 18.5 Å². The van der Waals surface area contributed by atoms with Crippen LogP contribution in [0.3, 0.4) is 0 Å². The number of rotatable bonds is 8. The molecule has 112 valence electrons. The van der Waals surface area contributed by atoms with Crippen LogP contribution < -0.4 is 16.8 Å². The predicted octanol–water partition coefficient (Wildman–Crippen LogP) is 2.15. The quantitative estimate of drug-likeness (QED) is 0.470. The summed E-state index contributed by atoms with van der Waals surface area (Å²) in [6.07, 6.45) is 6.84. The highest BCUT2D eigenvalue weighted by Crippen LogP contribution is 2.05. The maximum Gasteiger partial charge on any atom is 0.247 e. The maximum atomic E-state index is 12.0. The molecule has 0 spiro atoms. The number of allylic oxidation sites excluding steroid dienone is 4.